The molecular formula is C16H21ClN2O2. The number of carboxylic acid groups (broad SMARTS) is 1. The fraction of sp³-hybridized carbons (Fsp3) is 0.438. The lowest BCUT2D eigenvalue weighted by Crippen LogP contribution is -2.37. The van der Waals surface area contributed by atoms with E-state index in [1.807, 2.05) is 18.2 Å². The van der Waals surface area contributed by atoms with Gasteiger partial charge in [-0.05, 0) is 50.7 Å². The maximum atomic E-state index is 10.6. The monoisotopic (exact) mass is 308 g/mol. The van der Waals surface area contributed by atoms with E-state index in [-0.39, 0.29) is 0 Å². The van der Waals surface area contributed by atoms with Gasteiger partial charge in [0.2, 0.25) is 0 Å². The quantitative estimate of drug-likeness (QED) is 0.849. The summed E-state index contributed by atoms with van der Waals surface area (Å²) in [6.07, 6.45) is 5.01. The molecule has 2 rings (SSSR count). The van der Waals surface area contributed by atoms with Crippen LogP contribution in [0.1, 0.15) is 18.4 Å². The lowest BCUT2D eigenvalue weighted by atomic mass is 10.1. The van der Waals surface area contributed by atoms with E-state index in [9.17, 15) is 4.79 Å². The van der Waals surface area contributed by atoms with Gasteiger partial charge in [0.05, 0.1) is 0 Å². The van der Waals surface area contributed by atoms with E-state index >= 15 is 0 Å². The Kier molecular flexibility index (Phi) is 5.26. The third-order valence-electron chi connectivity index (χ3n) is 3.67. The van der Waals surface area contributed by atoms with Crippen LogP contribution in [-0.4, -0.2) is 49.2 Å². The minimum absolute atomic E-state index is 0.511. The average molecular weight is 309 g/mol. The summed E-state index contributed by atoms with van der Waals surface area (Å²) in [4.78, 5) is 15.2. The predicted molar refractivity (Wildman–Crippen MR) is 87.0 cm³/mol. The van der Waals surface area contributed by atoms with Gasteiger partial charge in [-0.1, -0.05) is 17.7 Å². The van der Waals surface area contributed by atoms with Crippen molar-refractivity contribution in [1.29, 1.82) is 0 Å². The van der Waals surface area contributed by atoms with Crippen molar-refractivity contribution in [3.05, 3.63) is 34.9 Å². The Balaban J connectivity index is 2.17. The molecule has 0 bridgehead atoms. The first-order chi connectivity index (χ1) is 9.97. The molecule has 21 heavy (non-hydrogen) atoms. The zero-order valence-electron chi connectivity index (χ0n) is 12.4. The molecule has 1 N–H and O–H groups in total. The predicted octanol–water partition coefficient (Wildman–Crippen LogP) is 2.97. The Bertz CT molecular complexity index is 543. The molecule has 0 radical (unpaired) electrons. The van der Waals surface area contributed by atoms with Crippen LogP contribution in [0, 0.1) is 0 Å². The zero-order valence-corrected chi connectivity index (χ0v) is 13.2. The van der Waals surface area contributed by atoms with Gasteiger partial charge in [-0.15, -0.1) is 0 Å². The summed E-state index contributed by atoms with van der Waals surface area (Å²) in [5.41, 5.74) is 1.84. The normalized spacial score (nSPS) is 18.9. The van der Waals surface area contributed by atoms with E-state index in [4.69, 9.17) is 16.7 Å². The molecule has 1 aromatic rings. The van der Waals surface area contributed by atoms with Gasteiger partial charge < -0.3 is 14.9 Å². The highest BCUT2D eigenvalue weighted by Gasteiger charge is 2.25. The Morgan fingerprint density at radius 3 is 2.90 bits per heavy atom. The SMILES string of the molecule is CN(C)CC1CCCN1c1ccc(/C=C/C(=O)O)c(Cl)c1. The molecule has 1 heterocycles. The van der Waals surface area contributed by atoms with Crippen LogP contribution in [0.5, 0.6) is 0 Å². The third kappa shape index (κ3) is 4.22. The van der Waals surface area contributed by atoms with Crippen LogP contribution in [0.4, 0.5) is 5.69 Å². The average Bonchev–Trinajstić information content (AvgIpc) is 2.84. The summed E-state index contributed by atoms with van der Waals surface area (Å²) in [7, 11) is 4.17. The third-order valence-corrected chi connectivity index (χ3v) is 4.00. The molecule has 1 aromatic carbocycles. The van der Waals surface area contributed by atoms with Crippen molar-refractivity contribution >= 4 is 29.3 Å². The zero-order chi connectivity index (χ0) is 15.4. The van der Waals surface area contributed by atoms with Gasteiger partial charge in [0.15, 0.2) is 0 Å². The van der Waals surface area contributed by atoms with Crippen LogP contribution in [0.15, 0.2) is 24.3 Å². The van der Waals surface area contributed by atoms with Crippen LogP contribution >= 0.6 is 11.6 Å². The van der Waals surface area contributed by atoms with Gasteiger partial charge in [-0.2, -0.15) is 0 Å². The number of carbonyl (C=O) groups is 1. The van der Waals surface area contributed by atoms with Crippen molar-refractivity contribution in [3.8, 4) is 0 Å². The van der Waals surface area contributed by atoms with Crippen molar-refractivity contribution in [3.63, 3.8) is 0 Å². The maximum absolute atomic E-state index is 10.6. The lowest BCUT2D eigenvalue weighted by Gasteiger charge is -2.29. The standard InChI is InChI=1S/C16H21ClN2O2/c1-18(2)11-14-4-3-9-19(14)13-7-5-12(15(17)10-13)6-8-16(20)21/h5-8,10,14H,3-4,9,11H2,1-2H3,(H,20,21)/b8-6+. The summed E-state index contributed by atoms with van der Waals surface area (Å²) < 4.78 is 0. The number of halogens is 1. The molecule has 0 spiro atoms. The number of hydrogen-bond acceptors (Lipinski definition) is 3. The first-order valence-corrected chi connectivity index (χ1v) is 7.47. The molecule has 1 saturated heterocycles. The van der Waals surface area contributed by atoms with Gasteiger partial charge in [0, 0.05) is 35.9 Å². The fourth-order valence-corrected chi connectivity index (χ4v) is 3.02. The highest BCUT2D eigenvalue weighted by molar-refractivity contribution is 6.32. The van der Waals surface area contributed by atoms with Crippen molar-refractivity contribution in [1.82, 2.24) is 4.90 Å². The van der Waals surface area contributed by atoms with Crippen LogP contribution in [-0.2, 0) is 4.79 Å². The summed E-state index contributed by atoms with van der Waals surface area (Å²) in [6.45, 7) is 2.07. The Morgan fingerprint density at radius 1 is 1.52 bits per heavy atom. The fourth-order valence-electron chi connectivity index (χ4n) is 2.78. The first kappa shape index (κ1) is 15.9. The number of aliphatic carboxylic acids is 1. The highest BCUT2D eigenvalue weighted by Crippen LogP contribution is 2.30. The number of benzene rings is 1. The number of anilines is 1. The Morgan fingerprint density at radius 2 is 2.29 bits per heavy atom. The minimum atomic E-state index is -0.972. The number of hydrogen-bond donors (Lipinski definition) is 1. The molecule has 1 aliphatic heterocycles. The van der Waals surface area contributed by atoms with E-state index in [0.717, 1.165) is 30.4 Å². The van der Waals surface area contributed by atoms with E-state index in [1.54, 1.807) is 0 Å². The number of carboxylic acids is 1. The second kappa shape index (κ2) is 6.96. The number of nitrogens with zero attached hydrogens (tertiary/aromatic N) is 2. The van der Waals surface area contributed by atoms with E-state index in [2.05, 4.69) is 23.9 Å². The topological polar surface area (TPSA) is 43.8 Å². The van der Waals surface area contributed by atoms with E-state index < -0.39 is 5.97 Å². The molecule has 114 valence electrons. The molecule has 1 aliphatic rings. The summed E-state index contributed by atoms with van der Waals surface area (Å²) in [5.74, 6) is -0.972. The van der Waals surface area contributed by atoms with Crippen molar-refractivity contribution < 1.29 is 9.90 Å². The molecule has 5 heteroatoms. The van der Waals surface area contributed by atoms with Crippen LogP contribution in [0.3, 0.4) is 0 Å². The van der Waals surface area contributed by atoms with Crippen molar-refractivity contribution in [2.75, 3.05) is 32.1 Å². The van der Waals surface area contributed by atoms with Crippen molar-refractivity contribution in [2.45, 2.75) is 18.9 Å². The summed E-state index contributed by atoms with van der Waals surface area (Å²) >= 11 is 6.26. The van der Waals surface area contributed by atoms with Gasteiger partial charge in [-0.3, -0.25) is 0 Å². The molecule has 0 aromatic heterocycles. The van der Waals surface area contributed by atoms with Gasteiger partial charge >= 0.3 is 5.97 Å². The van der Waals surface area contributed by atoms with Gasteiger partial charge in [0.1, 0.15) is 0 Å². The molecule has 0 aliphatic carbocycles. The minimum Gasteiger partial charge on any atom is -0.478 e. The Hall–Kier alpha value is -1.52. The molecule has 1 unspecified atom stereocenters. The van der Waals surface area contributed by atoms with Crippen LogP contribution in [0.25, 0.3) is 6.08 Å². The van der Waals surface area contributed by atoms with E-state index in [0.29, 0.717) is 11.1 Å². The lowest BCUT2D eigenvalue weighted by molar-refractivity contribution is -0.131. The molecule has 0 saturated carbocycles. The molecule has 4 nitrogen and oxygen atoms in total. The molecule has 1 fully saturated rings. The molecule has 0 amide bonds. The molecule has 1 atom stereocenters. The smallest absolute Gasteiger partial charge is 0.328 e. The molecular weight excluding hydrogens is 288 g/mol. The van der Waals surface area contributed by atoms with Crippen LogP contribution < -0.4 is 4.90 Å². The van der Waals surface area contributed by atoms with Crippen molar-refractivity contribution in [2.24, 2.45) is 0 Å². The largest absolute Gasteiger partial charge is 0.478 e. The number of rotatable bonds is 5. The second-order valence-corrected chi connectivity index (χ2v) is 6.04. The van der Waals surface area contributed by atoms with E-state index in [1.165, 1.54) is 18.9 Å². The summed E-state index contributed by atoms with van der Waals surface area (Å²) in [6, 6.07) is 6.33. The summed E-state index contributed by atoms with van der Waals surface area (Å²) in [5, 5.41) is 9.25. The first-order valence-electron chi connectivity index (χ1n) is 7.09. The maximum Gasteiger partial charge on any atom is 0.328 e. The number of likely N-dealkylation sites (N-methyl/N-ethyl adjacent to an activating group) is 1. The highest BCUT2D eigenvalue weighted by atomic mass is 35.5. The van der Waals surface area contributed by atoms with Gasteiger partial charge in [0.25, 0.3) is 0 Å². The van der Waals surface area contributed by atoms with Gasteiger partial charge in [-0.25, -0.2) is 4.79 Å². The second-order valence-electron chi connectivity index (χ2n) is 5.63. The van der Waals surface area contributed by atoms with Crippen LogP contribution in [0.2, 0.25) is 5.02 Å². The Labute approximate surface area is 130 Å².